The van der Waals surface area contributed by atoms with Crippen LogP contribution in [0.25, 0.3) is 0 Å². The molecule has 22 heteroatoms. The molecular formula is C32H44O22. The third-order valence-electron chi connectivity index (χ3n) is 7.56. The average molecular weight is 781 g/mol. The van der Waals surface area contributed by atoms with Gasteiger partial charge in [-0.2, -0.15) is 0 Å². The minimum atomic E-state index is -1.92. The molecule has 304 valence electrons. The Balaban J connectivity index is 2.03. The van der Waals surface area contributed by atoms with Gasteiger partial charge in [-0.15, -0.1) is 0 Å². The van der Waals surface area contributed by atoms with Crippen molar-refractivity contribution in [2.45, 2.75) is 135 Å². The van der Waals surface area contributed by atoms with E-state index in [0.29, 0.717) is 0 Å². The molecule has 22 nitrogen and oxygen atoms in total. The SMILES string of the molecule is CC(=O)OC[C@H]1O[C@@H](O)[C@H](OC(C)=O)[C@@H](OC(C)=O)[C@@H]1O[C@@H]1OC[C@@H](O[C@@H]2OC[C@@H](OC(C)=O)[C@H](OC(C)=O)[C@H]2OC(C)=O)[C@H](OC(C)=O)[C@H]1OC(C)=O. The number of carbonyl (C=O) groups excluding carboxylic acids is 8. The number of hydrogen-bond acceptors (Lipinski definition) is 22. The summed E-state index contributed by atoms with van der Waals surface area (Å²) >= 11 is 0. The zero-order valence-corrected chi connectivity index (χ0v) is 30.6. The quantitative estimate of drug-likeness (QED) is 0.161. The predicted octanol–water partition coefficient (Wildman–Crippen LogP) is -1.73. The first kappa shape index (κ1) is 43.9. The van der Waals surface area contributed by atoms with E-state index in [1.807, 2.05) is 0 Å². The minimum Gasteiger partial charge on any atom is -0.463 e. The number of carbonyl (C=O) groups is 8. The van der Waals surface area contributed by atoms with Crippen LogP contribution in [0.5, 0.6) is 0 Å². The number of rotatable bonds is 13. The summed E-state index contributed by atoms with van der Waals surface area (Å²) in [5.41, 5.74) is 0. The third-order valence-corrected chi connectivity index (χ3v) is 7.56. The smallest absolute Gasteiger partial charge is 0.303 e. The van der Waals surface area contributed by atoms with Crippen LogP contribution < -0.4 is 0 Å². The van der Waals surface area contributed by atoms with Crippen molar-refractivity contribution in [2.75, 3.05) is 19.8 Å². The van der Waals surface area contributed by atoms with E-state index in [1.165, 1.54) is 0 Å². The highest BCUT2D eigenvalue weighted by Crippen LogP contribution is 2.34. The van der Waals surface area contributed by atoms with E-state index in [0.717, 1.165) is 55.4 Å². The lowest BCUT2D eigenvalue weighted by Gasteiger charge is -2.47. The molecule has 0 aromatic heterocycles. The van der Waals surface area contributed by atoms with Gasteiger partial charge in [-0.1, -0.05) is 0 Å². The summed E-state index contributed by atoms with van der Waals surface area (Å²) in [6.07, 6.45) is -20.6. The Labute approximate surface area is 308 Å². The van der Waals surface area contributed by atoms with E-state index in [4.69, 9.17) is 61.6 Å². The molecule has 3 saturated heterocycles. The molecule has 3 heterocycles. The molecule has 0 radical (unpaired) electrons. The Hall–Kier alpha value is -4.48. The van der Waals surface area contributed by atoms with E-state index < -0.39 is 147 Å². The predicted molar refractivity (Wildman–Crippen MR) is 166 cm³/mol. The molecule has 0 aromatic rings. The zero-order chi connectivity index (χ0) is 40.4. The second-order valence-electron chi connectivity index (χ2n) is 12.1. The van der Waals surface area contributed by atoms with Gasteiger partial charge in [0.05, 0.1) is 13.2 Å². The highest BCUT2D eigenvalue weighted by atomic mass is 16.8. The van der Waals surface area contributed by atoms with Crippen molar-refractivity contribution in [1.82, 2.24) is 0 Å². The van der Waals surface area contributed by atoms with Crippen molar-refractivity contribution in [3.8, 4) is 0 Å². The van der Waals surface area contributed by atoms with Crippen LogP contribution in [0.4, 0.5) is 0 Å². The average Bonchev–Trinajstić information content (AvgIpc) is 3.02. The molecular weight excluding hydrogens is 736 g/mol. The van der Waals surface area contributed by atoms with Crippen LogP contribution in [0.15, 0.2) is 0 Å². The molecule has 3 fully saturated rings. The van der Waals surface area contributed by atoms with Crippen LogP contribution in [0.2, 0.25) is 0 Å². The standard InChI is InChI=1S/C32H44O22/c1-12(33)42-9-21-23(26(48-16(5)37)27(30(41)52-21)49-17(6)38)54-32-29(51-19(8)40)25(47-15(4)36)22(11-44-32)53-31-28(50-18(7)39)24(46-14(3)35)20(10-43-31)45-13(2)34/h20-32,41H,9-11H2,1-8H3/t20-,21-,22-,23-,24+,25+,26+,27-,28-,29-,30-,31+,32+/m1/s1. The van der Waals surface area contributed by atoms with Gasteiger partial charge in [-0.3, -0.25) is 38.4 Å². The summed E-state index contributed by atoms with van der Waals surface area (Å²) in [7, 11) is 0. The highest BCUT2D eigenvalue weighted by molar-refractivity contribution is 5.69. The van der Waals surface area contributed by atoms with Crippen molar-refractivity contribution in [3.05, 3.63) is 0 Å². The van der Waals surface area contributed by atoms with Crippen molar-refractivity contribution in [3.63, 3.8) is 0 Å². The van der Waals surface area contributed by atoms with Crippen LogP contribution in [0.3, 0.4) is 0 Å². The summed E-state index contributed by atoms with van der Waals surface area (Å²) < 4.78 is 72.0. The summed E-state index contributed by atoms with van der Waals surface area (Å²) in [4.78, 5) is 96.8. The van der Waals surface area contributed by atoms with Crippen LogP contribution in [0.1, 0.15) is 55.4 Å². The molecule has 0 saturated carbocycles. The maximum Gasteiger partial charge on any atom is 0.303 e. The van der Waals surface area contributed by atoms with Crippen molar-refractivity contribution in [1.29, 1.82) is 0 Å². The molecule has 13 atom stereocenters. The van der Waals surface area contributed by atoms with E-state index in [-0.39, 0.29) is 0 Å². The number of hydrogen-bond donors (Lipinski definition) is 1. The van der Waals surface area contributed by atoms with Gasteiger partial charge in [0.25, 0.3) is 0 Å². The second-order valence-corrected chi connectivity index (χ2v) is 12.1. The molecule has 0 unspecified atom stereocenters. The minimum absolute atomic E-state index is 0.427. The van der Waals surface area contributed by atoms with Crippen molar-refractivity contribution in [2.24, 2.45) is 0 Å². The first-order valence-corrected chi connectivity index (χ1v) is 16.5. The fourth-order valence-corrected chi connectivity index (χ4v) is 5.82. The topological polar surface area (TPSA) is 277 Å². The van der Waals surface area contributed by atoms with Gasteiger partial charge in [0.1, 0.15) is 24.9 Å². The fourth-order valence-electron chi connectivity index (χ4n) is 5.82. The maximum absolute atomic E-state index is 12.5. The molecule has 0 aliphatic carbocycles. The third kappa shape index (κ3) is 12.6. The van der Waals surface area contributed by atoms with Gasteiger partial charge in [0, 0.05) is 55.4 Å². The Kier molecular flexibility index (Phi) is 16.0. The lowest BCUT2D eigenvalue weighted by atomic mass is 9.97. The first-order chi connectivity index (χ1) is 25.3. The largest absolute Gasteiger partial charge is 0.463 e. The molecule has 3 aliphatic heterocycles. The van der Waals surface area contributed by atoms with Crippen LogP contribution in [0, 0.1) is 0 Å². The van der Waals surface area contributed by atoms with Crippen LogP contribution in [-0.2, 0) is 99.9 Å². The number of esters is 8. The lowest BCUT2D eigenvalue weighted by molar-refractivity contribution is -0.358. The Morgan fingerprint density at radius 2 is 0.852 bits per heavy atom. The van der Waals surface area contributed by atoms with E-state index in [1.54, 1.807) is 0 Å². The van der Waals surface area contributed by atoms with Gasteiger partial charge in [-0.25, -0.2) is 0 Å². The molecule has 0 bridgehead atoms. The van der Waals surface area contributed by atoms with Gasteiger partial charge in [0.15, 0.2) is 61.6 Å². The molecule has 3 aliphatic rings. The molecule has 0 aromatic carbocycles. The number of ether oxygens (including phenoxy) is 13. The van der Waals surface area contributed by atoms with Gasteiger partial charge in [0.2, 0.25) is 0 Å². The Bertz CT molecular complexity index is 1400. The summed E-state index contributed by atoms with van der Waals surface area (Å²) in [6.45, 7) is 6.75. The normalized spacial score (nSPS) is 33.5. The van der Waals surface area contributed by atoms with E-state index in [2.05, 4.69) is 0 Å². The van der Waals surface area contributed by atoms with E-state index >= 15 is 0 Å². The second kappa shape index (κ2) is 19.7. The summed E-state index contributed by atoms with van der Waals surface area (Å²) in [5.74, 6) is -6.94. The number of aliphatic hydroxyl groups excluding tert-OH is 1. The summed E-state index contributed by atoms with van der Waals surface area (Å²) in [5, 5.41) is 10.7. The number of aliphatic hydroxyl groups is 1. The van der Waals surface area contributed by atoms with Crippen molar-refractivity contribution < 1.29 is 105 Å². The molecule has 1 N–H and O–H groups in total. The first-order valence-electron chi connectivity index (χ1n) is 16.5. The molecule has 0 amide bonds. The Morgan fingerprint density at radius 3 is 1.31 bits per heavy atom. The van der Waals surface area contributed by atoms with Crippen LogP contribution >= 0.6 is 0 Å². The lowest BCUT2D eigenvalue weighted by Crippen LogP contribution is -2.66. The fraction of sp³-hybridized carbons (Fsp3) is 0.750. The molecule has 3 rings (SSSR count). The zero-order valence-electron chi connectivity index (χ0n) is 30.6. The van der Waals surface area contributed by atoms with Gasteiger partial charge in [-0.05, 0) is 0 Å². The maximum atomic E-state index is 12.5. The van der Waals surface area contributed by atoms with Gasteiger partial charge < -0.3 is 66.7 Å². The molecule has 0 spiro atoms. The van der Waals surface area contributed by atoms with E-state index in [9.17, 15) is 43.5 Å². The Morgan fingerprint density at radius 1 is 0.463 bits per heavy atom. The summed E-state index contributed by atoms with van der Waals surface area (Å²) in [6, 6.07) is 0. The monoisotopic (exact) mass is 780 g/mol. The van der Waals surface area contributed by atoms with Gasteiger partial charge >= 0.3 is 47.8 Å². The van der Waals surface area contributed by atoms with Crippen molar-refractivity contribution >= 4 is 47.8 Å². The molecule has 54 heavy (non-hydrogen) atoms. The highest BCUT2D eigenvalue weighted by Gasteiger charge is 2.56. The van der Waals surface area contributed by atoms with Crippen LogP contribution in [-0.4, -0.2) is 153 Å².